The standard InChI is InChI=1S/C30H42N8O4/c1-40-26-11-7-24(8-12-26)22-34-29-35-28(36-30(37-29)38-15-3-2-4-16-38)33-21-23-5-9-25(10-6-23)27(39)32-14-18-42-20-19-41-17-13-31/h5-12H,2-4,13-22,31H2,1H3,(H,32,39)(H2,33,34,35,36,37). The third-order valence-corrected chi connectivity index (χ3v) is 6.71. The molecule has 0 unspecified atom stereocenters. The van der Waals surface area contributed by atoms with Gasteiger partial charge in [0.1, 0.15) is 5.75 Å². The predicted molar refractivity (Wildman–Crippen MR) is 163 cm³/mol. The van der Waals surface area contributed by atoms with Gasteiger partial charge in [-0.2, -0.15) is 15.0 Å². The maximum absolute atomic E-state index is 12.5. The first-order chi connectivity index (χ1) is 20.6. The maximum atomic E-state index is 12.5. The van der Waals surface area contributed by atoms with Gasteiger partial charge in [0.25, 0.3) is 5.91 Å². The quantitative estimate of drug-likeness (QED) is 0.175. The lowest BCUT2D eigenvalue weighted by Gasteiger charge is -2.27. The molecule has 1 saturated heterocycles. The smallest absolute Gasteiger partial charge is 0.251 e. The van der Waals surface area contributed by atoms with Crippen molar-refractivity contribution < 1.29 is 19.0 Å². The Morgan fingerprint density at radius 2 is 1.40 bits per heavy atom. The molecule has 226 valence electrons. The molecule has 3 aromatic rings. The minimum absolute atomic E-state index is 0.145. The molecule has 2 heterocycles. The Bertz CT molecular complexity index is 1220. The van der Waals surface area contributed by atoms with Crippen LogP contribution in [0.2, 0.25) is 0 Å². The third kappa shape index (κ3) is 10.1. The zero-order valence-electron chi connectivity index (χ0n) is 24.3. The van der Waals surface area contributed by atoms with E-state index in [1.54, 1.807) is 7.11 Å². The Labute approximate surface area is 247 Å². The number of nitrogens with two attached hydrogens (primary N) is 1. The van der Waals surface area contributed by atoms with E-state index in [-0.39, 0.29) is 5.91 Å². The fraction of sp³-hybridized carbons (Fsp3) is 0.467. The van der Waals surface area contributed by atoms with Crippen LogP contribution in [0.3, 0.4) is 0 Å². The van der Waals surface area contributed by atoms with E-state index in [9.17, 15) is 4.79 Å². The predicted octanol–water partition coefficient (Wildman–Crippen LogP) is 2.82. The number of hydrogen-bond donors (Lipinski definition) is 4. The van der Waals surface area contributed by atoms with E-state index in [1.807, 2.05) is 48.5 Å². The van der Waals surface area contributed by atoms with Crippen LogP contribution in [0.1, 0.15) is 40.7 Å². The van der Waals surface area contributed by atoms with Gasteiger partial charge in [-0.3, -0.25) is 4.79 Å². The van der Waals surface area contributed by atoms with Gasteiger partial charge >= 0.3 is 0 Å². The molecule has 12 nitrogen and oxygen atoms in total. The second kappa shape index (κ2) is 17.1. The highest BCUT2D eigenvalue weighted by Crippen LogP contribution is 2.20. The number of nitrogens with one attached hydrogen (secondary N) is 3. The minimum Gasteiger partial charge on any atom is -0.497 e. The van der Waals surface area contributed by atoms with E-state index in [2.05, 4.69) is 25.8 Å². The molecule has 1 aliphatic heterocycles. The average molecular weight is 579 g/mol. The lowest BCUT2D eigenvalue weighted by atomic mass is 10.1. The molecule has 5 N–H and O–H groups in total. The molecular formula is C30H42N8O4. The number of piperidine rings is 1. The van der Waals surface area contributed by atoms with Crippen molar-refractivity contribution in [2.75, 3.05) is 75.2 Å². The van der Waals surface area contributed by atoms with Crippen molar-refractivity contribution in [1.29, 1.82) is 0 Å². The second-order valence-electron chi connectivity index (χ2n) is 9.85. The highest BCUT2D eigenvalue weighted by Gasteiger charge is 2.16. The van der Waals surface area contributed by atoms with Crippen molar-refractivity contribution in [3.05, 3.63) is 65.2 Å². The van der Waals surface area contributed by atoms with Crippen LogP contribution < -0.4 is 31.3 Å². The Morgan fingerprint density at radius 3 is 2.00 bits per heavy atom. The van der Waals surface area contributed by atoms with Gasteiger partial charge in [0.15, 0.2) is 0 Å². The number of ether oxygens (including phenoxy) is 3. The number of benzene rings is 2. The van der Waals surface area contributed by atoms with E-state index < -0.39 is 0 Å². The van der Waals surface area contributed by atoms with Crippen LogP contribution >= 0.6 is 0 Å². The zero-order valence-corrected chi connectivity index (χ0v) is 24.3. The first kappa shape index (κ1) is 30.9. The molecule has 2 aromatic carbocycles. The number of anilines is 3. The monoisotopic (exact) mass is 578 g/mol. The molecule has 42 heavy (non-hydrogen) atoms. The number of amides is 1. The number of nitrogens with zero attached hydrogens (tertiary/aromatic N) is 4. The molecule has 0 saturated carbocycles. The van der Waals surface area contributed by atoms with Crippen molar-refractivity contribution >= 4 is 23.8 Å². The molecule has 0 aliphatic carbocycles. The van der Waals surface area contributed by atoms with Gasteiger partial charge in [0.05, 0.1) is 33.5 Å². The van der Waals surface area contributed by atoms with Gasteiger partial charge in [0, 0.05) is 44.8 Å². The Kier molecular flexibility index (Phi) is 12.6. The van der Waals surface area contributed by atoms with Gasteiger partial charge < -0.3 is 40.8 Å². The molecule has 1 aromatic heterocycles. The highest BCUT2D eigenvalue weighted by molar-refractivity contribution is 5.94. The van der Waals surface area contributed by atoms with Gasteiger partial charge in [0.2, 0.25) is 17.8 Å². The normalized spacial score (nSPS) is 13.0. The molecule has 0 bridgehead atoms. The molecule has 4 rings (SSSR count). The third-order valence-electron chi connectivity index (χ3n) is 6.71. The summed E-state index contributed by atoms with van der Waals surface area (Å²) in [4.78, 5) is 28.7. The lowest BCUT2D eigenvalue weighted by molar-refractivity contribution is 0.0511. The Morgan fingerprint density at radius 1 is 0.810 bits per heavy atom. The summed E-state index contributed by atoms with van der Waals surface area (Å²) in [5, 5.41) is 9.53. The minimum atomic E-state index is -0.145. The van der Waals surface area contributed by atoms with Crippen molar-refractivity contribution in [3.63, 3.8) is 0 Å². The molecular weight excluding hydrogens is 536 g/mol. The van der Waals surface area contributed by atoms with Crippen molar-refractivity contribution in [1.82, 2.24) is 20.3 Å². The van der Waals surface area contributed by atoms with Crippen LogP contribution in [0.4, 0.5) is 17.8 Å². The molecule has 12 heteroatoms. The topological polar surface area (TPSA) is 149 Å². The molecule has 0 atom stereocenters. The highest BCUT2D eigenvalue weighted by atomic mass is 16.5. The van der Waals surface area contributed by atoms with E-state index in [1.165, 1.54) is 6.42 Å². The summed E-state index contributed by atoms with van der Waals surface area (Å²) in [6.07, 6.45) is 3.47. The summed E-state index contributed by atoms with van der Waals surface area (Å²) in [5.41, 5.74) is 8.05. The largest absolute Gasteiger partial charge is 0.497 e. The fourth-order valence-electron chi connectivity index (χ4n) is 4.38. The van der Waals surface area contributed by atoms with E-state index in [0.717, 1.165) is 42.8 Å². The number of hydrogen-bond acceptors (Lipinski definition) is 11. The number of carbonyl (C=O) groups excluding carboxylic acids is 1. The molecule has 1 amide bonds. The first-order valence-electron chi connectivity index (χ1n) is 14.5. The number of aromatic nitrogens is 3. The van der Waals surface area contributed by atoms with Crippen molar-refractivity contribution in [3.8, 4) is 5.75 Å². The Hall–Kier alpha value is -4.00. The van der Waals surface area contributed by atoms with Crippen LogP contribution in [-0.2, 0) is 22.6 Å². The van der Waals surface area contributed by atoms with Crippen LogP contribution in [0, 0.1) is 0 Å². The number of rotatable bonds is 17. The lowest BCUT2D eigenvalue weighted by Crippen LogP contribution is -2.31. The van der Waals surface area contributed by atoms with E-state index >= 15 is 0 Å². The van der Waals surface area contributed by atoms with Crippen molar-refractivity contribution in [2.24, 2.45) is 5.73 Å². The van der Waals surface area contributed by atoms with Gasteiger partial charge in [-0.1, -0.05) is 24.3 Å². The summed E-state index contributed by atoms with van der Waals surface area (Å²) in [7, 11) is 1.66. The fourth-order valence-corrected chi connectivity index (χ4v) is 4.38. The summed E-state index contributed by atoms with van der Waals surface area (Å²) >= 11 is 0. The second-order valence-corrected chi connectivity index (χ2v) is 9.85. The zero-order chi connectivity index (χ0) is 29.4. The van der Waals surface area contributed by atoms with Gasteiger partial charge in [-0.15, -0.1) is 0 Å². The van der Waals surface area contributed by atoms with E-state index in [4.69, 9.17) is 29.9 Å². The Balaban J connectivity index is 1.30. The number of carbonyl (C=O) groups is 1. The summed E-state index contributed by atoms with van der Waals surface area (Å²) < 4.78 is 15.9. The van der Waals surface area contributed by atoms with Crippen LogP contribution in [0.25, 0.3) is 0 Å². The van der Waals surface area contributed by atoms with Crippen LogP contribution in [0.5, 0.6) is 5.75 Å². The van der Waals surface area contributed by atoms with E-state index in [0.29, 0.717) is 76.0 Å². The molecule has 1 aliphatic rings. The van der Waals surface area contributed by atoms with Crippen LogP contribution in [0.15, 0.2) is 48.5 Å². The van der Waals surface area contributed by atoms with Crippen LogP contribution in [-0.4, -0.2) is 80.6 Å². The summed E-state index contributed by atoms with van der Waals surface area (Å²) in [5.74, 6) is 2.36. The SMILES string of the molecule is COc1ccc(CNc2nc(NCc3ccc(C(=O)NCCOCCOCCN)cc3)nc(N3CCCCC3)n2)cc1. The summed E-state index contributed by atoms with van der Waals surface area (Å²) in [6, 6.07) is 15.3. The number of methoxy groups -OCH3 is 1. The average Bonchev–Trinajstić information content (AvgIpc) is 3.04. The van der Waals surface area contributed by atoms with Crippen molar-refractivity contribution in [2.45, 2.75) is 32.4 Å². The van der Waals surface area contributed by atoms with Gasteiger partial charge in [-0.25, -0.2) is 0 Å². The molecule has 0 spiro atoms. The first-order valence-corrected chi connectivity index (χ1v) is 14.5. The molecule has 1 fully saturated rings. The maximum Gasteiger partial charge on any atom is 0.251 e. The molecule has 0 radical (unpaired) electrons. The summed E-state index contributed by atoms with van der Waals surface area (Å²) in [6.45, 7) is 5.76. The van der Waals surface area contributed by atoms with Gasteiger partial charge in [-0.05, 0) is 54.7 Å².